The number of benzene rings is 1. The summed E-state index contributed by atoms with van der Waals surface area (Å²) in [5, 5.41) is 5.50. The summed E-state index contributed by atoms with van der Waals surface area (Å²) < 4.78 is 0. The van der Waals surface area contributed by atoms with Crippen molar-refractivity contribution in [1.29, 1.82) is 0 Å². The van der Waals surface area contributed by atoms with Crippen LogP contribution in [-0.4, -0.2) is 35.8 Å². The van der Waals surface area contributed by atoms with Crippen LogP contribution in [-0.2, 0) is 20.5 Å². The standard InChI is InChI=1S/C21H31N3O3/c1-14(2)11-12-22-17(25)13-24-18(26)21(6,23-19(24)27)16-9-7-15(8-10-16)20(3,4)5/h7-10,14H,11-13H2,1-6H3,(H,22,25)(H,23,27). The quantitative estimate of drug-likeness (QED) is 0.753. The van der Waals surface area contributed by atoms with Gasteiger partial charge in [-0.1, -0.05) is 58.9 Å². The molecule has 2 N–H and O–H groups in total. The number of nitrogens with zero attached hydrogens (tertiary/aromatic N) is 1. The first-order valence-corrected chi connectivity index (χ1v) is 9.47. The third-order valence-corrected chi connectivity index (χ3v) is 4.95. The molecule has 1 fully saturated rings. The smallest absolute Gasteiger partial charge is 0.325 e. The second kappa shape index (κ2) is 7.71. The Morgan fingerprint density at radius 3 is 2.30 bits per heavy atom. The van der Waals surface area contributed by atoms with Crippen LogP contribution in [0.5, 0.6) is 0 Å². The van der Waals surface area contributed by atoms with Crippen molar-refractivity contribution in [2.24, 2.45) is 5.92 Å². The van der Waals surface area contributed by atoms with Crippen molar-refractivity contribution in [3.05, 3.63) is 35.4 Å². The van der Waals surface area contributed by atoms with Crippen molar-refractivity contribution >= 4 is 17.8 Å². The maximum atomic E-state index is 12.9. The number of hydrogen-bond acceptors (Lipinski definition) is 3. The zero-order chi connectivity index (χ0) is 20.4. The number of imide groups is 1. The van der Waals surface area contributed by atoms with E-state index in [4.69, 9.17) is 0 Å². The van der Waals surface area contributed by atoms with Gasteiger partial charge in [0.2, 0.25) is 5.91 Å². The molecule has 148 valence electrons. The van der Waals surface area contributed by atoms with Crippen LogP contribution in [0.4, 0.5) is 4.79 Å². The summed E-state index contributed by atoms with van der Waals surface area (Å²) in [5.41, 5.74) is 0.693. The summed E-state index contributed by atoms with van der Waals surface area (Å²) in [6.07, 6.45) is 0.851. The minimum Gasteiger partial charge on any atom is -0.355 e. The van der Waals surface area contributed by atoms with Crippen LogP contribution in [0.1, 0.15) is 59.1 Å². The van der Waals surface area contributed by atoms with E-state index in [1.807, 2.05) is 24.3 Å². The summed E-state index contributed by atoms with van der Waals surface area (Å²) in [5.74, 6) is -0.261. The Morgan fingerprint density at radius 1 is 1.19 bits per heavy atom. The fraction of sp³-hybridized carbons (Fsp3) is 0.571. The molecule has 0 saturated carbocycles. The maximum Gasteiger partial charge on any atom is 0.325 e. The molecule has 2 rings (SSSR count). The van der Waals surface area contributed by atoms with Gasteiger partial charge in [-0.05, 0) is 35.8 Å². The molecule has 1 atom stereocenters. The van der Waals surface area contributed by atoms with E-state index < -0.39 is 17.5 Å². The molecule has 1 unspecified atom stereocenters. The van der Waals surface area contributed by atoms with Crippen molar-refractivity contribution in [2.75, 3.05) is 13.1 Å². The molecule has 0 radical (unpaired) electrons. The second-order valence-electron chi connectivity index (χ2n) is 8.81. The molecule has 0 aromatic heterocycles. The number of urea groups is 1. The lowest BCUT2D eigenvalue weighted by Gasteiger charge is -2.24. The molecule has 27 heavy (non-hydrogen) atoms. The predicted molar refractivity (Wildman–Crippen MR) is 105 cm³/mol. The highest BCUT2D eigenvalue weighted by molar-refractivity contribution is 6.09. The highest BCUT2D eigenvalue weighted by atomic mass is 16.2. The van der Waals surface area contributed by atoms with Crippen LogP contribution in [0.2, 0.25) is 0 Å². The molecule has 4 amide bonds. The molecular weight excluding hydrogens is 342 g/mol. The van der Waals surface area contributed by atoms with E-state index in [-0.39, 0.29) is 17.9 Å². The minimum absolute atomic E-state index is 0.00246. The van der Waals surface area contributed by atoms with Crippen molar-refractivity contribution in [3.63, 3.8) is 0 Å². The Morgan fingerprint density at radius 2 is 1.78 bits per heavy atom. The third kappa shape index (κ3) is 4.67. The Balaban J connectivity index is 2.10. The monoisotopic (exact) mass is 373 g/mol. The number of carbonyl (C=O) groups excluding carboxylic acids is 3. The largest absolute Gasteiger partial charge is 0.355 e. The fourth-order valence-electron chi connectivity index (χ4n) is 3.04. The lowest BCUT2D eigenvalue weighted by atomic mass is 9.84. The van der Waals surface area contributed by atoms with E-state index in [2.05, 4.69) is 45.3 Å². The molecule has 1 aromatic rings. The van der Waals surface area contributed by atoms with Crippen LogP contribution in [0.25, 0.3) is 0 Å². The van der Waals surface area contributed by atoms with Crippen molar-refractivity contribution in [3.8, 4) is 0 Å². The van der Waals surface area contributed by atoms with Crippen molar-refractivity contribution in [1.82, 2.24) is 15.5 Å². The van der Waals surface area contributed by atoms with Crippen molar-refractivity contribution < 1.29 is 14.4 Å². The van der Waals surface area contributed by atoms with E-state index in [1.165, 1.54) is 0 Å². The number of amides is 4. The zero-order valence-corrected chi connectivity index (χ0v) is 17.2. The van der Waals surface area contributed by atoms with Gasteiger partial charge in [0, 0.05) is 6.54 Å². The van der Waals surface area contributed by atoms with Gasteiger partial charge in [0.15, 0.2) is 0 Å². The molecule has 0 spiro atoms. The van der Waals surface area contributed by atoms with Gasteiger partial charge in [-0.2, -0.15) is 0 Å². The maximum absolute atomic E-state index is 12.9. The second-order valence-corrected chi connectivity index (χ2v) is 8.81. The molecule has 0 bridgehead atoms. The van der Waals surface area contributed by atoms with E-state index in [9.17, 15) is 14.4 Å². The number of carbonyl (C=O) groups is 3. The van der Waals surface area contributed by atoms with Crippen LogP contribution < -0.4 is 10.6 Å². The van der Waals surface area contributed by atoms with Gasteiger partial charge in [-0.25, -0.2) is 4.79 Å². The molecule has 1 heterocycles. The Bertz CT molecular complexity index is 719. The molecule has 1 aliphatic heterocycles. The molecule has 6 heteroatoms. The fourth-order valence-corrected chi connectivity index (χ4v) is 3.04. The average molecular weight is 373 g/mol. The Hall–Kier alpha value is -2.37. The molecule has 6 nitrogen and oxygen atoms in total. The van der Waals surface area contributed by atoms with Gasteiger partial charge in [-0.15, -0.1) is 0 Å². The van der Waals surface area contributed by atoms with Gasteiger partial charge >= 0.3 is 6.03 Å². The first kappa shape index (κ1) is 20.9. The normalized spacial score (nSPS) is 20.2. The summed E-state index contributed by atoms with van der Waals surface area (Å²) in [4.78, 5) is 38.3. The lowest BCUT2D eigenvalue weighted by Crippen LogP contribution is -2.43. The molecular formula is C21H31N3O3. The van der Waals surface area contributed by atoms with E-state index >= 15 is 0 Å². The molecule has 1 aliphatic rings. The minimum atomic E-state index is -1.16. The van der Waals surface area contributed by atoms with Gasteiger partial charge in [0.05, 0.1) is 0 Å². The zero-order valence-electron chi connectivity index (χ0n) is 17.2. The SMILES string of the molecule is CC(C)CCNC(=O)CN1C(=O)NC(C)(c2ccc(C(C)(C)C)cc2)C1=O. The number of hydrogen-bond donors (Lipinski definition) is 2. The Kier molecular flexibility index (Phi) is 5.97. The Labute approximate surface area is 161 Å². The average Bonchev–Trinajstić information content (AvgIpc) is 2.78. The summed E-state index contributed by atoms with van der Waals surface area (Å²) >= 11 is 0. The van der Waals surface area contributed by atoms with Crippen LogP contribution in [0.3, 0.4) is 0 Å². The summed E-state index contributed by atoms with van der Waals surface area (Å²) in [7, 11) is 0. The van der Waals surface area contributed by atoms with Gasteiger partial charge < -0.3 is 10.6 Å². The van der Waals surface area contributed by atoms with Crippen LogP contribution >= 0.6 is 0 Å². The summed E-state index contributed by atoms with van der Waals surface area (Å²) in [6.45, 7) is 12.4. The van der Waals surface area contributed by atoms with E-state index in [0.717, 1.165) is 16.9 Å². The van der Waals surface area contributed by atoms with Gasteiger partial charge in [0.25, 0.3) is 5.91 Å². The first-order valence-electron chi connectivity index (χ1n) is 9.47. The van der Waals surface area contributed by atoms with Crippen LogP contribution in [0, 0.1) is 5.92 Å². The summed E-state index contributed by atoms with van der Waals surface area (Å²) in [6, 6.07) is 7.14. The number of rotatable bonds is 6. The molecule has 0 aliphatic carbocycles. The van der Waals surface area contributed by atoms with Gasteiger partial charge in [-0.3, -0.25) is 14.5 Å². The van der Waals surface area contributed by atoms with Crippen molar-refractivity contribution in [2.45, 2.75) is 58.9 Å². The molecule has 1 saturated heterocycles. The predicted octanol–water partition coefficient (Wildman–Crippen LogP) is 2.91. The third-order valence-electron chi connectivity index (χ3n) is 4.95. The van der Waals surface area contributed by atoms with E-state index in [1.54, 1.807) is 6.92 Å². The van der Waals surface area contributed by atoms with Crippen LogP contribution in [0.15, 0.2) is 24.3 Å². The number of nitrogens with one attached hydrogen (secondary N) is 2. The first-order chi connectivity index (χ1) is 12.4. The highest BCUT2D eigenvalue weighted by Gasteiger charge is 2.49. The highest BCUT2D eigenvalue weighted by Crippen LogP contribution is 2.31. The molecule has 1 aromatic carbocycles. The van der Waals surface area contributed by atoms with E-state index in [0.29, 0.717) is 18.0 Å². The lowest BCUT2D eigenvalue weighted by molar-refractivity contribution is -0.134. The van der Waals surface area contributed by atoms with Gasteiger partial charge in [0.1, 0.15) is 12.1 Å². The topological polar surface area (TPSA) is 78.5 Å².